The molecule has 0 radical (unpaired) electrons. The van der Waals surface area contributed by atoms with Crippen molar-refractivity contribution in [2.24, 2.45) is 5.92 Å². The maximum absolute atomic E-state index is 13.6. The summed E-state index contributed by atoms with van der Waals surface area (Å²) in [6.07, 6.45) is 3.04. The zero-order chi connectivity index (χ0) is 20.7. The van der Waals surface area contributed by atoms with Crippen molar-refractivity contribution in [2.45, 2.75) is 30.3 Å². The van der Waals surface area contributed by atoms with Crippen LogP contribution in [0, 0.1) is 5.92 Å². The molecule has 5 rings (SSSR count). The molecule has 30 heavy (non-hydrogen) atoms. The highest BCUT2D eigenvalue weighted by Gasteiger charge is 2.31. The van der Waals surface area contributed by atoms with Crippen molar-refractivity contribution in [1.82, 2.24) is 21.9 Å². The number of rotatable bonds is 7. The average molecular weight is 464 g/mol. The van der Waals surface area contributed by atoms with E-state index in [4.69, 9.17) is 11.6 Å². The number of nitrogens with zero attached hydrogens (tertiary/aromatic N) is 1. The van der Waals surface area contributed by atoms with Gasteiger partial charge in [0.25, 0.3) is 10.0 Å². The van der Waals surface area contributed by atoms with Crippen LogP contribution >= 0.6 is 22.9 Å². The van der Waals surface area contributed by atoms with Gasteiger partial charge in [-0.1, -0.05) is 54.8 Å². The minimum absolute atomic E-state index is 0.148. The quantitative estimate of drug-likeness (QED) is 0.428. The summed E-state index contributed by atoms with van der Waals surface area (Å²) in [6.45, 7) is 0.431. The largest absolute Gasteiger partial charge is 0.264 e. The molecule has 0 amide bonds. The van der Waals surface area contributed by atoms with Crippen molar-refractivity contribution >= 4 is 48.0 Å². The van der Waals surface area contributed by atoms with Gasteiger partial charge in [-0.15, -0.1) is 11.3 Å². The number of sulfonamides is 1. The van der Waals surface area contributed by atoms with Crippen molar-refractivity contribution in [1.29, 1.82) is 0 Å². The van der Waals surface area contributed by atoms with Crippen LogP contribution in [0.5, 0.6) is 0 Å². The van der Waals surface area contributed by atoms with Crippen LogP contribution in [0.4, 0.5) is 5.00 Å². The lowest BCUT2D eigenvalue weighted by molar-refractivity contribution is 0.554. The first-order valence-electron chi connectivity index (χ1n) is 9.85. The maximum Gasteiger partial charge on any atom is 0.264 e. The Hall–Kier alpha value is -1.72. The van der Waals surface area contributed by atoms with E-state index < -0.39 is 10.0 Å². The van der Waals surface area contributed by atoms with E-state index in [9.17, 15) is 8.42 Å². The molecule has 2 fully saturated rings. The topological polar surface area (TPSA) is 85.5 Å². The first-order valence-corrected chi connectivity index (χ1v) is 12.5. The number of hydrogen-bond acceptors (Lipinski definition) is 7. The zero-order valence-electron chi connectivity index (χ0n) is 16.1. The molecular weight excluding hydrogens is 442 g/mol. The predicted molar refractivity (Wildman–Crippen MR) is 120 cm³/mol. The van der Waals surface area contributed by atoms with Gasteiger partial charge in [0.15, 0.2) is 0 Å². The van der Waals surface area contributed by atoms with Gasteiger partial charge in [-0.3, -0.25) is 4.31 Å². The molecule has 158 valence electrons. The van der Waals surface area contributed by atoms with Gasteiger partial charge >= 0.3 is 0 Å². The van der Waals surface area contributed by atoms with Crippen LogP contribution in [0.25, 0.3) is 10.1 Å². The minimum Gasteiger partial charge on any atom is -0.256 e. The van der Waals surface area contributed by atoms with E-state index in [2.05, 4.69) is 21.9 Å². The summed E-state index contributed by atoms with van der Waals surface area (Å²) < 4.78 is 29.8. The number of hydrazine groups is 3. The molecule has 2 heterocycles. The van der Waals surface area contributed by atoms with E-state index in [1.54, 1.807) is 24.3 Å². The van der Waals surface area contributed by atoms with E-state index in [1.165, 1.54) is 28.5 Å². The second kappa shape index (κ2) is 8.08. The second-order valence-corrected chi connectivity index (χ2v) is 10.8. The van der Waals surface area contributed by atoms with Gasteiger partial charge in [-0.05, 0) is 36.1 Å². The SMILES string of the molecule is O=S(=O)(c1ccc(C2NNNN2)cc1)N(CCC1CC1)c1sc2ccccc2c1Cl. The van der Waals surface area contributed by atoms with E-state index in [0.717, 1.165) is 22.1 Å². The number of anilines is 1. The van der Waals surface area contributed by atoms with E-state index in [0.29, 0.717) is 22.5 Å². The lowest BCUT2D eigenvalue weighted by atomic mass is 10.2. The highest BCUT2D eigenvalue weighted by molar-refractivity contribution is 7.93. The Labute approximate surface area is 184 Å². The van der Waals surface area contributed by atoms with Gasteiger partial charge in [0, 0.05) is 16.6 Å². The van der Waals surface area contributed by atoms with Gasteiger partial charge in [0.1, 0.15) is 11.2 Å². The van der Waals surface area contributed by atoms with Crippen LogP contribution in [-0.2, 0) is 10.0 Å². The standard InChI is InChI=1S/C20H22ClN5O2S2/c21-18-16-3-1-2-4-17(16)29-20(18)26(12-11-13-5-6-13)30(27,28)15-9-7-14(8-10-15)19-22-24-25-23-19/h1-4,7-10,13,19,22-25H,5-6,11-12H2. The van der Waals surface area contributed by atoms with Gasteiger partial charge in [-0.2, -0.15) is 11.1 Å². The molecule has 0 atom stereocenters. The molecule has 1 saturated carbocycles. The second-order valence-electron chi connectivity index (χ2n) is 7.57. The van der Waals surface area contributed by atoms with Crippen molar-refractivity contribution in [3.8, 4) is 0 Å². The smallest absolute Gasteiger partial charge is 0.256 e. The van der Waals surface area contributed by atoms with Gasteiger partial charge in [-0.25, -0.2) is 19.3 Å². The van der Waals surface area contributed by atoms with Crippen molar-refractivity contribution in [3.05, 3.63) is 59.1 Å². The molecule has 10 heteroatoms. The highest BCUT2D eigenvalue weighted by Crippen LogP contribution is 2.44. The lowest BCUT2D eigenvalue weighted by Crippen LogP contribution is -2.33. The number of halogens is 1. The Balaban J connectivity index is 1.51. The monoisotopic (exact) mass is 463 g/mol. The Bertz CT molecular complexity index is 1160. The van der Waals surface area contributed by atoms with E-state index >= 15 is 0 Å². The van der Waals surface area contributed by atoms with Gasteiger partial charge in [0.2, 0.25) is 0 Å². The first kappa shape index (κ1) is 20.2. The highest BCUT2D eigenvalue weighted by atomic mass is 35.5. The van der Waals surface area contributed by atoms with Crippen LogP contribution in [0.1, 0.15) is 31.0 Å². The van der Waals surface area contributed by atoms with Crippen LogP contribution in [-0.4, -0.2) is 15.0 Å². The van der Waals surface area contributed by atoms with Crippen molar-refractivity contribution < 1.29 is 8.42 Å². The summed E-state index contributed by atoms with van der Waals surface area (Å²) >= 11 is 8.09. The molecule has 2 aromatic carbocycles. The average Bonchev–Trinajstić information content (AvgIpc) is 3.30. The fourth-order valence-corrected chi connectivity index (χ4v) is 6.89. The third-order valence-electron chi connectivity index (χ3n) is 5.48. The molecule has 4 N–H and O–H groups in total. The minimum atomic E-state index is -3.75. The third kappa shape index (κ3) is 3.82. The summed E-state index contributed by atoms with van der Waals surface area (Å²) in [5.41, 5.74) is 12.4. The van der Waals surface area contributed by atoms with Crippen LogP contribution in [0.2, 0.25) is 5.02 Å². The van der Waals surface area contributed by atoms with E-state index in [-0.39, 0.29) is 11.1 Å². The molecule has 2 aliphatic rings. The normalized spacial score (nSPS) is 17.6. The van der Waals surface area contributed by atoms with Gasteiger partial charge in [0.05, 0.1) is 9.92 Å². The Kier molecular flexibility index (Phi) is 5.44. The fourth-order valence-electron chi connectivity index (χ4n) is 3.58. The molecule has 1 saturated heterocycles. The molecule has 7 nitrogen and oxygen atoms in total. The summed E-state index contributed by atoms with van der Waals surface area (Å²) in [7, 11) is -3.75. The number of benzene rings is 2. The molecule has 1 aliphatic carbocycles. The molecule has 1 aliphatic heterocycles. The van der Waals surface area contributed by atoms with Crippen molar-refractivity contribution in [2.75, 3.05) is 10.8 Å². The number of fused-ring (bicyclic) bond motifs is 1. The van der Waals surface area contributed by atoms with Crippen molar-refractivity contribution in [3.63, 3.8) is 0 Å². The fraction of sp³-hybridized carbons (Fsp3) is 0.300. The lowest BCUT2D eigenvalue weighted by Gasteiger charge is -2.24. The molecule has 1 aromatic heterocycles. The van der Waals surface area contributed by atoms with Gasteiger partial charge < -0.3 is 0 Å². The molecule has 0 spiro atoms. The van der Waals surface area contributed by atoms with E-state index in [1.807, 2.05) is 24.3 Å². The molecule has 0 bridgehead atoms. The number of nitrogens with one attached hydrogen (secondary N) is 4. The Morgan fingerprint density at radius 2 is 1.73 bits per heavy atom. The Morgan fingerprint density at radius 3 is 2.40 bits per heavy atom. The predicted octanol–water partition coefficient (Wildman–Crippen LogP) is 3.67. The van der Waals surface area contributed by atoms with Crippen LogP contribution in [0.3, 0.4) is 0 Å². The number of hydrogen-bond donors (Lipinski definition) is 4. The molecule has 3 aromatic rings. The maximum atomic E-state index is 13.6. The first-order chi connectivity index (χ1) is 14.5. The Morgan fingerprint density at radius 1 is 1.03 bits per heavy atom. The summed E-state index contributed by atoms with van der Waals surface area (Å²) in [4.78, 5) is 0.259. The summed E-state index contributed by atoms with van der Waals surface area (Å²) in [6, 6.07) is 14.7. The zero-order valence-corrected chi connectivity index (χ0v) is 18.4. The summed E-state index contributed by atoms with van der Waals surface area (Å²) in [5.74, 6) is 0.609. The van der Waals surface area contributed by atoms with Crippen LogP contribution < -0.4 is 26.2 Å². The summed E-state index contributed by atoms with van der Waals surface area (Å²) in [5, 5.41) is 1.98. The third-order valence-corrected chi connectivity index (χ3v) is 9.10. The molecule has 0 unspecified atom stereocenters. The number of thiophene rings is 1. The van der Waals surface area contributed by atoms with Crippen LogP contribution in [0.15, 0.2) is 53.4 Å². The molecular formula is C20H22ClN5O2S2.